The molecule has 3 atom stereocenters. The van der Waals surface area contributed by atoms with Crippen LogP contribution < -0.4 is 11.1 Å². The highest BCUT2D eigenvalue weighted by Crippen LogP contribution is 2.25. The summed E-state index contributed by atoms with van der Waals surface area (Å²) < 4.78 is 5.47. The Bertz CT molecular complexity index is 245. The van der Waals surface area contributed by atoms with Crippen LogP contribution in [0.4, 0.5) is 0 Å². The van der Waals surface area contributed by atoms with Crippen molar-refractivity contribution in [2.45, 2.75) is 64.1 Å². The maximum Gasteiger partial charge on any atom is 0.237 e. The fraction of sp³-hybridized carbons (Fsp3) is 0.917. The first-order valence-electron chi connectivity index (χ1n) is 6.19. The van der Waals surface area contributed by atoms with E-state index in [0.29, 0.717) is 6.61 Å². The van der Waals surface area contributed by atoms with E-state index in [1.165, 1.54) is 0 Å². The zero-order valence-electron chi connectivity index (χ0n) is 10.6. The minimum Gasteiger partial charge on any atom is -0.376 e. The smallest absolute Gasteiger partial charge is 0.237 e. The van der Waals surface area contributed by atoms with E-state index in [2.05, 4.69) is 12.2 Å². The maximum atomic E-state index is 11.9. The Morgan fingerprint density at radius 3 is 2.88 bits per heavy atom. The number of amides is 1. The third kappa shape index (κ3) is 3.19. The summed E-state index contributed by atoms with van der Waals surface area (Å²) in [6, 6.07) is -0.385. The van der Waals surface area contributed by atoms with Crippen molar-refractivity contribution in [1.82, 2.24) is 5.32 Å². The second kappa shape index (κ2) is 5.64. The van der Waals surface area contributed by atoms with E-state index in [0.717, 1.165) is 25.7 Å². The Kier molecular flexibility index (Phi) is 4.74. The molecule has 0 aromatic carbocycles. The monoisotopic (exact) mass is 228 g/mol. The molecule has 0 saturated carbocycles. The molecule has 0 bridgehead atoms. The minimum absolute atomic E-state index is 0.0479. The predicted molar refractivity (Wildman–Crippen MR) is 64.1 cm³/mol. The van der Waals surface area contributed by atoms with Crippen molar-refractivity contribution in [1.29, 1.82) is 0 Å². The van der Waals surface area contributed by atoms with Crippen molar-refractivity contribution in [2.24, 2.45) is 5.73 Å². The van der Waals surface area contributed by atoms with Gasteiger partial charge in [0.2, 0.25) is 5.91 Å². The molecule has 1 rings (SSSR count). The average molecular weight is 228 g/mol. The fourth-order valence-corrected chi connectivity index (χ4v) is 1.93. The number of ether oxygens (including phenoxy) is 1. The summed E-state index contributed by atoms with van der Waals surface area (Å²) in [7, 11) is 0. The minimum atomic E-state index is -0.385. The van der Waals surface area contributed by atoms with Gasteiger partial charge >= 0.3 is 0 Å². The molecule has 0 aliphatic carbocycles. The van der Waals surface area contributed by atoms with Crippen LogP contribution in [0.5, 0.6) is 0 Å². The lowest BCUT2D eigenvalue weighted by molar-refractivity contribution is -0.124. The lowest BCUT2D eigenvalue weighted by Gasteiger charge is -2.30. The molecule has 0 aromatic heterocycles. The summed E-state index contributed by atoms with van der Waals surface area (Å²) in [6.45, 7) is 6.82. The van der Waals surface area contributed by atoms with Crippen LogP contribution in [0.2, 0.25) is 0 Å². The Labute approximate surface area is 97.9 Å². The second-order valence-electron chi connectivity index (χ2n) is 4.92. The van der Waals surface area contributed by atoms with E-state index in [1.807, 2.05) is 13.8 Å². The van der Waals surface area contributed by atoms with Crippen LogP contribution in [-0.4, -0.2) is 30.2 Å². The molecule has 1 heterocycles. The van der Waals surface area contributed by atoms with Gasteiger partial charge in [-0.15, -0.1) is 0 Å². The molecule has 0 radical (unpaired) electrons. The summed E-state index contributed by atoms with van der Waals surface area (Å²) in [4.78, 5) is 11.9. The van der Waals surface area contributed by atoms with Crippen molar-refractivity contribution < 1.29 is 9.53 Å². The predicted octanol–water partition coefficient (Wildman–Crippen LogP) is 1.19. The highest BCUT2D eigenvalue weighted by molar-refractivity contribution is 5.82. The van der Waals surface area contributed by atoms with Gasteiger partial charge in [-0.25, -0.2) is 0 Å². The molecule has 1 fully saturated rings. The zero-order valence-corrected chi connectivity index (χ0v) is 10.6. The van der Waals surface area contributed by atoms with Crippen LogP contribution in [0.1, 0.15) is 46.5 Å². The molecule has 3 unspecified atom stereocenters. The molecule has 1 aliphatic rings. The lowest BCUT2D eigenvalue weighted by atomic mass is 9.94. The van der Waals surface area contributed by atoms with Crippen molar-refractivity contribution in [3.63, 3.8) is 0 Å². The molecular weight excluding hydrogens is 204 g/mol. The highest BCUT2D eigenvalue weighted by Gasteiger charge is 2.38. The van der Waals surface area contributed by atoms with Crippen molar-refractivity contribution >= 4 is 5.91 Å². The number of carbonyl (C=O) groups is 1. The Morgan fingerprint density at radius 2 is 2.38 bits per heavy atom. The SMILES string of the molecule is CCCCC(N)C(=O)NC1(C)CCOC1C. The number of nitrogens with two attached hydrogens (primary N) is 1. The molecule has 4 heteroatoms. The molecule has 0 aromatic rings. The van der Waals surface area contributed by atoms with Gasteiger partial charge in [0.05, 0.1) is 17.7 Å². The fourth-order valence-electron chi connectivity index (χ4n) is 1.93. The first-order chi connectivity index (χ1) is 7.49. The number of nitrogens with one attached hydrogen (secondary N) is 1. The van der Waals surface area contributed by atoms with Gasteiger partial charge in [-0.3, -0.25) is 4.79 Å². The number of hydrogen-bond donors (Lipinski definition) is 2. The van der Waals surface area contributed by atoms with Gasteiger partial charge in [-0.1, -0.05) is 19.8 Å². The largest absolute Gasteiger partial charge is 0.376 e. The van der Waals surface area contributed by atoms with Crippen molar-refractivity contribution in [3.8, 4) is 0 Å². The topological polar surface area (TPSA) is 64.4 Å². The third-order valence-electron chi connectivity index (χ3n) is 3.50. The number of hydrogen-bond acceptors (Lipinski definition) is 3. The zero-order chi connectivity index (χ0) is 12.2. The second-order valence-corrected chi connectivity index (χ2v) is 4.92. The van der Waals surface area contributed by atoms with Gasteiger partial charge in [0.25, 0.3) is 0 Å². The van der Waals surface area contributed by atoms with E-state index in [-0.39, 0.29) is 23.6 Å². The Hall–Kier alpha value is -0.610. The normalized spacial score (nSPS) is 31.4. The van der Waals surface area contributed by atoms with Gasteiger partial charge in [-0.2, -0.15) is 0 Å². The van der Waals surface area contributed by atoms with Gasteiger partial charge in [0.15, 0.2) is 0 Å². The summed E-state index contributed by atoms with van der Waals surface area (Å²) >= 11 is 0. The molecule has 16 heavy (non-hydrogen) atoms. The standard InChI is InChI=1S/C12H24N2O2/c1-4-5-6-10(13)11(15)14-12(3)7-8-16-9(12)2/h9-10H,4-8,13H2,1-3H3,(H,14,15). The van der Waals surface area contributed by atoms with Gasteiger partial charge in [0, 0.05) is 6.61 Å². The van der Waals surface area contributed by atoms with Gasteiger partial charge in [0.1, 0.15) is 0 Å². The van der Waals surface area contributed by atoms with Crippen LogP contribution in [-0.2, 0) is 9.53 Å². The van der Waals surface area contributed by atoms with E-state index in [9.17, 15) is 4.79 Å². The first kappa shape index (κ1) is 13.5. The highest BCUT2D eigenvalue weighted by atomic mass is 16.5. The molecule has 94 valence electrons. The van der Waals surface area contributed by atoms with Crippen LogP contribution >= 0.6 is 0 Å². The van der Waals surface area contributed by atoms with Crippen LogP contribution in [0.25, 0.3) is 0 Å². The number of carbonyl (C=O) groups excluding carboxylic acids is 1. The third-order valence-corrected chi connectivity index (χ3v) is 3.50. The van der Waals surface area contributed by atoms with Gasteiger partial charge in [-0.05, 0) is 26.7 Å². The maximum absolute atomic E-state index is 11.9. The molecule has 1 amide bonds. The van der Waals surface area contributed by atoms with Crippen LogP contribution in [0.15, 0.2) is 0 Å². The van der Waals surface area contributed by atoms with E-state index >= 15 is 0 Å². The molecule has 0 spiro atoms. The molecule has 1 aliphatic heterocycles. The molecular formula is C12H24N2O2. The molecule has 4 nitrogen and oxygen atoms in total. The lowest BCUT2D eigenvalue weighted by Crippen LogP contribution is -2.55. The van der Waals surface area contributed by atoms with Gasteiger partial charge < -0.3 is 15.8 Å². The number of rotatable bonds is 5. The quantitative estimate of drug-likeness (QED) is 0.743. The Morgan fingerprint density at radius 1 is 1.69 bits per heavy atom. The van der Waals surface area contributed by atoms with Crippen LogP contribution in [0, 0.1) is 0 Å². The summed E-state index contributed by atoms with van der Waals surface area (Å²) in [6.07, 6.45) is 3.75. The van der Waals surface area contributed by atoms with Crippen LogP contribution in [0.3, 0.4) is 0 Å². The first-order valence-corrected chi connectivity index (χ1v) is 6.19. The average Bonchev–Trinajstić information content (AvgIpc) is 2.55. The summed E-state index contributed by atoms with van der Waals surface area (Å²) in [5, 5.41) is 3.02. The van der Waals surface area contributed by atoms with E-state index in [4.69, 9.17) is 10.5 Å². The summed E-state index contributed by atoms with van der Waals surface area (Å²) in [5.41, 5.74) is 5.58. The molecule has 1 saturated heterocycles. The number of unbranched alkanes of at least 4 members (excludes halogenated alkanes) is 1. The Balaban J connectivity index is 2.44. The van der Waals surface area contributed by atoms with E-state index < -0.39 is 0 Å². The van der Waals surface area contributed by atoms with E-state index in [1.54, 1.807) is 0 Å². The van der Waals surface area contributed by atoms with Crippen molar-refractivity contribution in [2.75, 3.05) is 6.61 Å². The van der Waals surface area contributed by atoms with Crippen molar-refractivity contribution in [3.05, 3.63) is 0 Å². The molecule has 3 N–H and O–H groups in total. The summed E-state index contributed by atoms with van der Waals surface area (Å²) in [5.74, 6) is -0.0479.